The summed E-state index contributed by atoms with van der Waals surface area (Å²) in [7, 11) is 0. The summed E-state index contributed by atoms with van der Waals surface area (Å²) in [4.78, 5) is 11.3. The molecule has 3 heteroatoms. The predicted octanol–water partition coefficient (Wildman–Crippen LogP) is 3.24. The van der Waals surface area contributed by atoms with Crippen LogP contribution in [0, 0.1) is 0 Å². The first-order chi connectivity index (χ1) is 7.33. The Hall–Kier alpha value is -0.730. The zero-order valence-electron chi connectivity index (χ0n) is 9.76. The van der Waals surface area contributed by atoms with E-state index in [-0.39, 0.29) is 12.2 Å². The molecule has 0 aliphatic heterocycles. The number of carbonyl (C=O) groups is 1. The van der Waals surface area contributed by atoms with E-state index in [4.69, 9.17) is 4.74 Å². The maximum atomic E-state index is 11.3. The van der Waals surface area contributed by atoms with Crippen molar-refractivity contribution in [2.75, 3.05) is 6.54 Å². The summed E-state index contributed by atoms with van der Waals surface area (Å²) < 4.78 is 5.38. The van der Waals surface area contributed by atoms with Gasteiger partial charge in [0.25, 0.3) is 0 Å². The van der Waals surface area contributed by atoms with Crippen LogP contribution in [-0.2, 0) is 4.74 Å². The molecule has 0 radical (unpaired) electrons. The van der Waals surface area contributed by atoms with E-state index < -0.39 is 0 Å². The lowest BCUT2D eigenvalue weighted by molar-refractivity contribution is 0.0817. The Balaban J connectivity index is 2.19. The van der Waals surface area contributed by atoms with Gasteiger partial charge < -0.3 is 10.1 Å². The van der Waals surface area contributed by atoms with Crippen LogP contribution >= 0.6 is 0 Å². The van der Waals surface area contributed by atoms with Crippen molar-refractivity contribution in [2.24, 2.45) is 0 Å². The summed E-state index contributed by atoms with van der Waals surface area (Å²) in [5, 5.41) is 2.75. The van der Waals surface area contributed by atoms with Gasteiger partial charge in [-0.15, -0.1) is 0 Å². The van der Waals surface area contributed by atoms with Crippen LogP contribution in [0.2, 0.25) is 0 Å². The number of hydrogen-bond donors (Lipinski definition) is 1. The number of ether oxygens (including phenoxy) is 1. The van der Waals surface area contributed by atoms with Crippen LogP contribution in [0.15, 0.2) is 0 Å². The van der Waals surface area contributed by atoms with E-state index in [9.17, 15) is 4.79 Å². The molecule has 1 fully saturated rings. The number of hydrogen-bond acceptors (Lipinski definition) is 2. The maximum absolute atomic E-state index is 11.3. The minimum atomic E-state index is -0.234. The summed E-state index contributed by atoms with van der Waals surface area (Å²) >= 11 is 0. The topological polar surface area (TPSA) is 38.3 Å². The highest BCUT2D eigenvalue weighted by Crippen LogP contribution is 2.19. The van der Waals surface area contributed by atoms with Crippen molar-refractivity contribution in [3.63, 3.8) is 0 Å². The number of alkyl carbamates (subject to hydrolysis) is 1. The molecule has 3 nitrogen and oxygen atoms in total. The summed E-state index contributed by atoms with van der Waals surface area (Å²) in [6.07, 6.45) is 9.28. The second-order valence-electron chi connectivity index (χ2n) is 4.30. The molecular weight excluding hydrogens is 190 g/mol. The fourth-order valence-corrected chi connectivity index (χ4v) is 1.96. The van der Waals surface area contributed by atoms with Crippen molar-refractivity contribution < 1.29 is 9.53 Å². The summed E-state index contributed by atoms with van der Waals surface area (Å²) in [5.74, 6) is 0. The van der Waals surface area contributed by atoms with Crippen molar-refractivity contribution in [2.45, 2.75) is 64.4 Å². The van der Waals surface area contributed by atoms with Gasteiger partial charge in [0, 0.05) is 6.54 Å². The molecule has 15 heavy (non-hydrogen) atoms. The molecule has 0 spiro atoms. The lowest BCUT2D eigenvalue weighted by Gasteiger charge is -2.20. The van der Waals surface area contributed by atoms with Gasteiger partial charge in [0.05, 0.1) is 0 Å². The standard InChI is InChI=1S/C12H23NO2/c1-2-10-13-12(14)15-11-8-6-4-3-5-7-9-11/h11H,2-10H2,1H3,(H,13,14). The maximum Gasteiger partial charge on any atom is 0.407 e. The molecule has 1 saturated carbocycles. The molecule has 1 rings (SSSR count). The van der Waals surface area contributed by atoms with Crippen LogP contribution in [0.3, 0.4) is 0 Å². The number of rotatable bonds is 3. The molecule has 1 aliphatic carbocycles. The monoisotopic (exact) mass is 213 g/mol. The van der Waals surface area contributed by atoms with Gasteiger partial charge in [0.1, 0.15) is 6.10 Å². The molecule has 0 aromatic rings. The zero-order chi connectivity index (χ0) is 10.9. The number of nitrogens with one attached hydrogen (secondary N) is 1. The third kappa shape index (κ3) is 5.65. The molecule has 0 bridgehead atoms. The Morgan fingerprint density at radius 2 is 1.80 bits per heavy atom. The smallest absolute Gasteiger partial charge is 0.407 e. The summed E-state index contributed by atoms with van der Waals surface area (Å²) in [6.45, 7) is 2.75. The van der Waals surface area contributed by atoms with Gasteiger partial charge in [0.15, 0.2) is 0 Å². The molecule has 0 unspecified atom stereocenters. The second-order valence-corrected chi connectivity index (χ2v) is 4.30. The van der Waals surface area contributed by atoms with E-state index in [0.29, 0.717) is 6.54 Å². The van der Waals surface area contributed by atoms with Crippen LogP contribution in [-0.4, -0.2) is 18.7 Å². The molecule has 0 aromatic heterocycles. The quantitative estimate of drug-likeness (QED) is 0.781. The molecule has 0 aromatic carbocycles. The van der Waals surface area contributed by atoms with Gasteiger partial charge in [0.2, 0.25) is 0 Å². The Bertz CT molecular complexity index is 174. The Kier molecular flexibility index (Phi) is 6.21. The molecule has 1 amide bonds. The first kappa shape index (κ1) is 12.3. The van der Waals surface area contributed by atoms with Crippen LogP contribution < -0.4 is 5.32 Å². The molecule has 0 saturated heterocycles. The second kappa shape index (κ2) is 7.55. The van der Waals surface area contributed by atoms with Gasteiger partial charge in [-0.2, -0.15) is 0 Å². The van der Waals surface area contributed by atoms with Crippen LogP contribution in [0.5, 0.6) is 0 Å². The van der Waals surface area contributed by atoms with Crippen LogP contribution in [0.1, 0.15) is 58.3 Å². The molecule has 0 heterocycles. The molecule has 0 atom stereocenters. The lowest BCUT2D eigenvalue weighted by atomic mass is 9.99. The van der Waals surface area contributed by atoms with E-state index in [1.54, 1.807) is 0 Å². The van der Waals surface area contributed by atoms with Crippen molar-refractivity contribution in [1.29, 1.82) is 0 Å². The summed E-state index contributed by atoms with van der Waals surface area (Å²) in [5.41, 5.74) is 0. The fraction of sp³-hybridized carbons (Fsp3) is 0.917. The highest BCUT2D eigenvalue weighted by atomic mass is 16.6. The third-order valence-corrected chi connectivity index (χ3v) is 2.85. The Morgan fingerprint density at radius 3 is 2.40 bits per heavy atom. The third-order valence-electron chi connectivity index (χ3n) is 2.85. The predicted molar refractivity (Wildman–Crippen MR) is 60.9 cm³/mol. The van der Waals surface area contributed by atoms with Gasteiger partial charge in [-0.25, -0.2) is 4.79 Å². The van der Waals surface area contributed by atoms with Crippen molar-refractivity contribution in [1.82, 2.24) is 5.32 Å². The molecule has 1 aliphatic rings. The number of carbonyl (C=O) groups excluding carboxylic acids is 1. The normalized spacial score (nSPS) is 19.0. The molecule has 88 valence electrons. The lowest BCUT2D eigenvalue weighted by Crippen LogP contribution is -2.29. The fourth-order valence-electron chi connectivity index (χ4n) is 1.96. The first-order valence-corrected chi connectivity index (χ1v) is 6.27. The zero-order valence-corrected chi connectivity index (χ0v) is 9.76. The summed E-state index contributed by atoms with van der Waals surface area (Å²) in [6, 6.07) is 0. The Morgan fingerprint density at radius 1 is 1.20 bits per heavy atom. The van der Waals surface area contributed by atoms with Gasteiger partial charge in [-0.1, -0.05) is 26.2 Å². The van der Waals surface area contributed by atoms with Gasteiger partial charge >= 0.3 is 6.09 Å². The highest BCUT2D eigenvalue weighted by Gasteiger charge is 2.15. The van der Waals surface area contributed by atoms with Crippen molar-refractivity contribution in [3.05, 3.63) is 0 Å². The van der Waals surface area contributed by atoms with E-state index >= 15 is 0 Å². The minimum absolute atomic E-state index is 0.155. The van der Waals surface area contributed by atoms with E-state index in [2.05, 4.69) is 5.32 Å². The van der Waals surface area contributed by atoms with Gasteiger partial charge in [-0.3, -0.25) is 0 Å². The average molecular weight is 213 g/mol. The van der Waals surface area contributed by atoms with Gasteiger partial charge in [-0.05, 0) is 32.1 Å². The average Bonchev–Trinajstić information content (AvgIpc) is 2.19. The minimum Gasteiger partial charge on any atom is -0.446 e. The van der Waals surface area contributed by atoms with Crippen LogP contribution in [0.25, 0.3) is 0 Å². The number of amides is 1. The van der Waals surface area contributed by atoms with E-state index in [1.807, 2.05) is 6.92 Å². The van der Waals surface area contributed by atoms with Crippen molar-refractivity contribution >= 4 is 6.09 Å². The highest BCUT2D eigenvalue weighted by molar-refractivity contribution is 5.67. The largest absolute Gasteiger partial charge is 0.446 e. The SMILES string of the molecule is CCCNC(=O)OC1CCCCCCC1. The molecule has 1 N–H and O–H groups in total. The van der Waals surface area contributed by atoms with Crippen molar-refractivity contribution in [3.8, 4) is 0 Å². The Labute approximate surface area is 92.6 Å². The first-order valence-electron chi connectivity index (χ1n) is 6.27. The van der Waals surface area contributed by atoms with E-state index in [0.717, 1.165) is 19.3 Å². The van der Waals surface area contributed by atoms with Crippen LogP contribution in [0.4, 0.5) is 4.79 Å². The van der Waals surface area contributed by atoms with E-state index in [1.165, 1.54) is 32.1 Å². The molecular formula is C12H23NO2.